The summed E-state index contributed by atoms with van der Waals surface area (Å²) < 4.78 is 5.56. The molecule has 2 N–H and O–H groups in total. The average Bonchev–Trinajstić information content (AvgIpc) is 3.19. The van der Waals surface area contributed by atoms with E-state index in [-0.39, 0.29) is 22.3 Å². The van der Waals surface area contributed by atoms with Gasteiger partial charge >= 0.3 is 0 Å². The van der Waals surface area contributed by atoms with Crippen LogP contribution in [0.5, 0.6) is 0 Å². The summed E-state index contributed by atoms with van der Waals surface area (Å²) in [7, 11) is 0. The van der Waals surface area contributed by atoms with E-state index in [1.807, 2.05) is 6.20 Å². The third-order valence-corrected chi connectivity index (χ3v) is 12.8. The molecule has 0 radical (unpaired) electrons. The van der Waals surface area contributed by atoms with Crippen LogP contribution in [-0.4, -0.2) is 90.4 Å². The molecule has 1 unspecified atom stereocenters. The number of piperidine rings is 2. The third-order valence-electron chi connectivity index (χ3n) is 12.8. The van der Waals surface area contributed by atoms with Crippen LogP contribution in [0.4, 0.5) is 17.1 Å². The molecule has 0 saturated carbocycles. The van der Waals surface area contributed by atoms with Crippen LogP contribution in [0, 0.1) is 5.92 Å². The standard InChI is InChI=1S/C44H66N6O3/c1-42(2,39-11-8-35(31-45-39)48-22-14-34(15-23-48)7-6-28-51)18-20-44(5,41-13-10-36(33-47-41)49-24-16-38(52)17-25-49)21-19-43(3,4)40-12-9-37(32-46-40)50-26-29-53-30-27-50/h8-13,31-34,38,51-52H,6-7,14-30H2,1-5H3. The lowest BCUT2D eigenvalue weighted by Gasteiger charge is -2.37. The van der Waals surface area contributed by atoms with Gasteiger partial charge in [0.1, 0.15) is 0 Å². The molecule has 0 amide bonds. The zero-order valence-corrected chi connectivity index (χ0v) is 33.3. The lowest BCUT2D eigenvalue weighted by Crippen LogP contribution is -2.36. The van der Waals surface area contributed by atoms with Crippen LogP contribution in [0.2, 0.25) is 0 Å². The van der Waals surface area contributed by atoms with Gasteiger partial charge in [-0.2, -0.15) is 0 Å². The van der Waals surface area contributed by atoms with E-state index in [4.69, 9.17) is 19.7 Å². The summed E-state index contributed by atoms with van der Waals surface area (Å²) in [5.74, 6) is 0.728. The molecule has 53 heavy (non-hydrogen) atoms. The zero-order chi connectivity index (χ0) is 37.5. The van der Waals surface area contributed by atoms with Crippen LogP contribution in [0.25, 0.3) is 0 Å². The van der Waals surface area contributed by atoms with Crippen molar-refractivity contribution in [2.24, 2.45) is 5.92 Å². The SMILES string of the molecule is CC(C)(CCC(C)(CCC(C)(C)c1ccc(N2CCC(CCCO)CC2)cn1)c1ccc(N2CCC(O)CC2)cn1)c1ccc(N2CCOCC2)cn1. The molecule has 290 valence electrons. The Labute approximate surface area is 319 Å². The fourth-order valence-electron chi connectivity index (χ4n) is 8.50. The summed E-state index contributed by atoms with van der Waals surface area (Å²) in [4.78, 5) is 22.4. The van der Waals surface area contributed by atoms with Gasteiger partial charge in [-0.3, -0.25) is 15.0 Å². The smallest absolute Gasteiger partial charge is 0.0642 e. The first-order valence-corrected chi connectivity index (χ1v) is 20.5. The predicted molar refractivity (Wildman–Crippen MR) is 216 cm³/mol. The molecule has 3 fully saturated rings. The lowest BCUT2D eigenvalue weighted by atomic mass is 9.69. The maximum atomic E-state index is 10.1. The van der Waals surface area contributed by atoms with E-state index in [0.717, 1.165) is 133 Å². The van der Waals surface area contributed by atoms with Crippen molar-refractivity contribution >= 4 is 17.1 Å². The Hall–Kier alpha value is -3.27. The second-order valence-corrected chi connectivity index (χ2v) is 17.6. The predicted octanol–water partition coefficient (Wildman–Crippen LogP) is 7.43. The van der Waals surface area contributed by atoms with Crippen LogP contribution < -0.4 is 14.7 Å². The van der Waals surface area contributed by atoms with Gasteiger partial charge in [-0.05, 0) is 107 Å². The number of anilines is 3. The van der Waals surface area contributed by atoms with E-state index in [1.165, 1.54) is 24.2 Å². The van der Waals surface area contributed by atoms with Crippen molar-refractivity contribution in [3.63, 3.8) is 0 Å². The van der Waals surface area contributed by atoms with Crippen LogP contribution in [0.15, 0.2) is 55.0 Å². The molecule has 6 heterocycles. The Morgan fingerprint density at radius 3 is 1.47 bits per heavy atom. The van der Waals surface area contributed by atoms with Crippen LogP contribution in [-0.2, 0) is 21.0 Å². The molecule has 9 nitrogen and oxygen atoms in total. The number of pyridine rings is 3. The number of rotatable bonds is 15. The van der Waals surface area contributed by atoms with Crippen molar-refractivity contribution in [3.05, 3.63) is 72.1 Å². The Bertz CT molecular complexity index is 1540. The first-order chi connectivity index (χ1) is 25.5. The number of hydrogen-bond donors (Lipinski definition) is 2. The van der Waals surface area contributed by atoms with Crippen molar-refractivity contribution in [1.29, 1.82) is 0 Å². The third kappa shape index (κ3) is 10.1. The monoisotopic (exact) mass is 727 g/mol. The van der Waals surface area contributed by atoms with E-state index in [2.05, 4.69) is 98.1 Å². The van der Waals surface area contributed by atoms with Gasteiger partial charge in [0.05, 0.1) is 55.0 Å². The van der Waals surface area contributed by atoms with Gasteiger partial charge in [0.2, 0.25) is 0 Å². The van der Waals surface area contributed by atoms with Gasteiger partial charge in [-0.25, -0.2) is 0 Å². The molecule has 0 bridgehead atoms. The molecular weight excluding hydrogens is 661 g/mol. The van der Waals surface area contributed by atoms with Crippen molar-refractivity contribution in [2.75, 3.05) is 73.8 Å². The quantitative estimate of drug-likeness (QED) is 0.166. The van der Waals surface area contributed by atoms with Crippen LogP contribution in [0.1, 0.15) is 116 Å². The van der Waals surface area contributed by atoms with Crippen molar-refractivity contribution in [2.45, 2.75) is 121 Å². The van der Waals surface area contributed by atoms with Gasteiger partial charge in [-0.1, -0.05) is 34.6 Å². The summed E-state index contributed by atoms with van der Waals surface area (Å²) >= 11 is 0. The second-order valence-electron chi connectivity index (χ2n) is 17.6. The van der Waals surface area contributed by atoms with Gasteiger partial charge in [0.15, 0.2) is 0 Å². The maximum Gasteiger partial charge on any atom is 0.0642 e. The largest absolute Gasteiger partial charge is 0.396 e. The zero-order valence-electron chi connectivity index (χ0n) is 33.3. The molecule has 1 atom stereocenters. The first kappa shape index (κ1) is 39.4. The molecule has 3 aliphatic rings. The minimum Gasteiger partial charge on any atom is -0.396 e. The molecule has 9 heteroatoms. The maximum absolute atomic E-state index is 10.1. The Morgan fingerprint density at radius 1 is 0.604 bits per heavy atom. The molecule has 6 rings (SSSR count). The van der Waals surface area contributed by atoms with E-state index >= 15 is 0 Å². The minimum atomic E-state index is -0.190. The molecule has 0 aromatic carbocycles. The summed E-state index contributed by atoms with van der Waals surface area (Å²) in [6.45, 7) is 19.3. The topological polar surface area (TPSA) is 98.1 Å². The molecule has 0 aliphatic carbocycles. The van der Waals surface area contributed by atoms with Crippen molar-refractivity contribution in [1.82, 2.24) is 15.0 Å². The Morgan fingerprint density at radius 2 is 1.04 bits per heavy atom. The number of morpholine rings is 1. The van der Waals surface area contributed by atoms with Gasteiger partial charge in [0.25, 0.3) is 0 Å². The molecule has 3 aromatic rings. The molecule has 0 spiro atoms. The van der Waals surface area contributed by atoms with E-state index in [0.29, 0.717) is 6.61 Å². The fourth-order valence-corrected chi connectivity index (χ4v) is 8.50. The van der Waals surface area contributed by atoms with Gasteiger partial charge in [-0.15, -0.1) is 0 Å². The fraction of sp³-hybridized carbons (Fsp3) is 0.659. The highest BCUT2D eigenvalue weighted by Gasteiger charge is 2.35. The van der Waals surface area contributed by atoms with Crippen LogP contribution >= 0.6 is 0 Å². The molecular formula is C44H66N6O3. The summed E-state index contributed by atoms with van der Waals surface area (Å²) in [5.41, 5.74) is 6.62. The molecule has 3 saturated heterocycles. The molecule has 3 aliphatic heterocycles. The average molecular weight is 727 g/mol. The number of nitrogens with zero attached hydrogens (tertiary/aromatic N) is 6. The highest BCUT2D eigenvalue weighted by molar-refractivity contribution is 5.47. The lowest BCUT2D eigenvalue weighted by molar-refractivity contribution is 0.122. The van der Waals surface area contributed by atoms with Crippen molar-refractivity contribution < 1.29 is 14.9 Å². The van der Waals surface area contributed by atoms with Gasteiger partial charge < -0.3 is 29.6 Å². The van der Waals surface area contributed by atoms with Crippen LogP contribution in [0.3, 0.4) is 0 Å². The van der Waals surface area contributed by atoms with E-state index < -0.39 is 0 Å². The minimum absolute atomic E-state index is 0.0976. The van der Waals surface area contributed by atoms with Crippen molar-refractivity contribution in [3.8, 4) is 0 Å². The van der Waals surface area contributed by atoms with Gasteiger partial charge in [0, 0.05) is 79.2 Å². The second kappa shape index (κ2) is 17.5. The number of aliphatic hydroxyl groups is 2. The summed E-state index contributed by atoms with van der Waals surface area (Å²) in [6.07, 6.45) is 16.0. The number of aromatic nitrogens is 3. The number of aliphatic hydroxyl groups excluding tert-OH is 2. The van der Waals surface area contributed by atoms with E-state index in [1.54, 1.807) is 0 Å². The highest BCUT2D eigenvalue weighted by Crippen LogP contribution is 2.42. The van der Waals surface area contributed by atoms with E-state index in [9.17, 15) is 10.2 Å². The first-order valence-electron chi connectivity index (χ1n) is 20.5. The highest BCUT2D eigenvalue weighted by atomic mass is 16.5. The molecule has 3 aromatic heterocycles. The summed E-state index contributed by atoms with van der Waals surface area (Å²) in [6, 6.07) is 13.5. The normalized spacial score (nSPS) is 19.4. The number of hydrogen-bond acceptors (Lipinski definition) is 9. The Balaban J connectivity index is 1.15. The summed E-state index contributed by atoms with van der Waals surface area (Å²) in [5, 5.41) is 19.3. The number of ether oxygens (including phenoxy) is 1. The Kier molecular flexibility index (Phi) is 13.0.